The van der Waals surface area contributed by atoms with Crippen LogP contribution in [0, 0.1) is 5.92 Å². The van der Waals surface area contributed by atoms with E-state index in [1.54, 1.807) is 4.90 Å². The highest BCUT2D eigenvalue weighted by Crippen LogP contribution is 2.35. The van der Waals surface area contributed by atoms with Crippen molar-refractivity contribution < 1.29 is 14.3 Å². The Morgan fingerprint density at radius 3 is 2.81 bits per heavy atom. The normalized spacial score (nSPS) is 24.8. The van der Waals surface area contributed by atoms with Crippen LogP contribution in [0.1, 0.15) is 24.8 Å². The van der Waals surface area contributed by atoms with Gasteiger partial charge in [0.1, 0.15) is 6.61 Å². The van der Waals surface area contributed by atoms with Crippen LogP contribution in [0.5, 0.6) is 0 Å². The van der Waals surface area contributed by atoms with Gasteiger partial charge in [-0.2, -0.15) is 0 Å². The van der Waals surface area contributed by atoms with Crippen LogP contribution >= 0.6 is 0 Å². The summed E-state index contributed by atoms with van der Waals surface area (Å²) in [5, 5.41) is 0. The zero-order valence-corrected chi connectivity index (χ0v) is 11.8. The Morgan fingerprint density at radius 2 is 2.00 bits per heavy atom. The van der Waals surface area contributed by atoms with Gasteiger partial charge in [0.15, 0.2) is 0 Å². The Hall–Kier alpha value is -2.04. The molecule has 3 aliphatic rings. The average molecular weight is 286 g/mol. The zero-order chi connectivity index (χ0) is 14.4. The lowest BCUT2D eigenvalue weighted by atomic mass is 10.0. The number of cyclic esters (lactones) is 1. The SMILES string of the molecule is O=C(C1CC1)N1CC[C@H]2COC(=O)N2c2ccccc2C1. The topological polar surface area (TPSA) is 49.9 Å². The molecule has 0 bridgehead atoms. The summed E-state index contributed by atoms with van der Waals surface area (Å²) < 4.78 is 5.21. The summed E-state index contributed by atoms with van der Waals surface area (Å²) in [6, 6.07) is 7.86. The van der Waals surface area contributed by atoms with Gasteiger partial charge in [-0.05, 0) is 30.9 Å². The summed E-state index contributed by atoms with van der Waals surface area (Å²) in [6.07, 6.45) is 2.55. The van der Waals surface area contributed by atoms with E-state index in [1.807, 2.05) is 29.2 Å². The van der Waals surface area contributed by atoms with E-state index < -0.39 is 0 Å². The number of benzene rings is 1. The third kappa shape index (κ3) is 2.17. The first-order valence-electron chi connectivity index (χ1n) is 7.57. The van der Waals surface area contributed by atoms with Crippen LogP contribution in [0.4, 0.5) is 10.5 Å². The second-order valence-electron chi connectivity index (χ2n) is 6.05. The maximum atomic E-state index is 12.4. The summed E-state index contributed by atoms with van der Waals surface area (Å²) >= 11 is 0. The van der Waals surface area contributed by atoms with Gasteiger partial charge < -0.3 is 9.64 Å². The molecule has 1 aliphatic carbocycles. The Morgan fingerprint density at radius 1 is 1.19 bits per heavy atom. The van der Waals surface area contributed by atoms with Gasteiger partial charge >= 0.3 is 6.09 Å². The fourth-order valence-electron chi connectivity index (χ4n) is 3.21. The molecule has 0 unspecified atom stereocenters. The monoisotopic (exact) mass is 286 g/mol. The molecule has 1 aromatic rings. The molecule has 2 heterocycles. The highest BCUT2D eigenvalue weighted by atomic mass is 16.6. The van der Waals surface area contributed by atoms with Gasteiger partial charge in [0, 0.05) is 19.0 Å². The van der Waals surface area contributed by atoms with Crippen LogP contribution in [-0.4, -0.2) is 36.1 Å². The quantitative estimate of drug-likeness (QED) is 0.795. The molecule has 2 aliphatic heterocycles. The van der Waals surface area contributed by atoms with E-state index in [0.717, 1.165) is 30.5 Å². The minimum Gasteiger partial charge on any atom is -0.447 e. The van der Waals surface area contributed by atoms with Crippen molar-refractivity contribution in [1.82, 2.24) is 4.90 Å². The lowest BCUT2D eigenvalue weighted by Crippen LogP contribution is -2.42. The van der Waals surface area contributed by atoms with E-state index >= 15 is 0 Å². The van der Waals surface area contributed by atoms with Crippen molar-refractivity contribution >= 4 is 17.7 Å². The molecule has 110 valence electrons. The molecule has 4 rings (SSSR count). The molecule has 2 fully saturated rings. The first kappa shape index (κ1) is 12.7. The maximum absolute atomic E-state index is 12.4. The highest BCUT2D eigenvalue weighted by molar-refractivity contribution is 5.91. The number of fused-ring (bicyclic) bond motifs is 3. The Bertz CT molecular complexity index is 597. The van der Waals surface area contributed by atoms with Crippen LogP contribution in [-0.2, 0) is 16.1 Å². The van der Waals surface area contributed by atoms with E-state index in [1.165, 1.54) is 0 Å². The molecular weight excluding hydrogens is 268 g/mol. The van der Waals surface area contributed by atoms with Crippen molar-refractivity contribution in [2.45, 2.75) is 31.8 Å². The van der Waals surface area contributed by atoms with Crippen LogP contribution in [0.3, 0.4) is 0 Å². The maximum Gasteiger partial charge on any atom is 0.414 e. The largest absolute Gasteiger partial charge is 0.447 e. The van der Waals surface area contributed by atoms with Gasteiger partial charge in [0.25, 0.3) is 0 Å². The number of nitrogens with zero attached hydrogens (tertiary/aromatic N) is 2. The molecule has 21 heavy (non-hydrogen) atoms. The average Bonchev–Trinajstić information content (AvgIpc) is 3.25. The lowest BCUT2D eigenvalue weighted by molar-refractivity contribution is -0.133. The third-order valence-electron chi connectivity index (χ3n) is 4.54. The predicted molar refractivity (Wildman–Crippen MR) is 76.8 cm³/mol. The molecule has 0 spiro atoms. The van der Waals surface area contributed by atoms with Crippen molar-refractivity contribution in [2.75, 3.05) is 18.1 Å². The molecular formula is C16H18N2O3. The van der Waals surface area contributed by atoms with Crippen LogP contribution in [0.2, 0.25) is 0 Å². The Labute approximate surface area is 123 Å². The van der Waals surface area contributed by atoms with Gasteiger partial charge in [0.05, 0.1) is 11.7 Å². The molecule has 0 aromatic heterocycles. The second-order valence-corrected chi connectivity index (χ2v) is 6.05. The number of anilines is 1. The summed E-state index contributed by atoms with van der Waals surface area (Å²) in [5.74, 6) is 0.498. The molecule has 1 saturated heterocycles. The fraction of sp³-hybridized carbons (Fsp3) is 0.500. The minimum absolute atomic E-state index is 0.0356. The van der Waals surface area contributed by atoms with E-state index in [9.17, 15) is 9.59 Å². The summed E-state index contributed by atoms with van der Waals surface area (Å²) in [6.45, 7) is 1.70. The Kier molecular flexibility index (Phi) is 2.87. The first-order chi connectivity index (χ1) is 10.2. The third-order valence-corrected chi connectivity index (χ3v) is 4.54. The molecule has 5 nitrogen and oxygen atoms in total. The first-order valence-corrected chi connectivity index (χ1v) is 7.57. The van der Waals surface area contributed by atoms with E-state index in [-0.39, 0.29) is 24.0 Å². The zero-order valence-electron chi connectivity index (χ0n) is 11.8. The van der Waals surface area contributed by atoms with Crippen LogP contribution in [0.25, 0.3) is 0 Å². The number of ether oxygens (including phenoxy) is 1. The van der Waals surface area contributed by atoms with E-state index in [0.29, 0.717) is 19.7 Å². The van der Waals surface area contributed by atoms with Crippen molar-refractivity contribution in [1.29, 1.82) is 0 Å². The number of carbonyl (C=O) groups is 2. The van der Waals surface area contributed by atoms with Gasteiger partial charge in [-0.25, -0.2) is 4.79 Å². The van der Waals surface area contributed by atoms with Crippen molar-refractivity contribution in [3.63, 3.8) is 0 Å². The van der Waals surface area contributed by atoms with Gasteiger partial charge in [0.2, 0.25) is 5.91 Å². The number of rotatable bonds is 1. The molecule has 1 saturated carbocycles. The molecule has 0 N–H and O–H groups in total. The van der Waals surface area contributed by atoms with Crippen molar-refractivity contribution in [3.05, 3.63) is 29.8 Å². The van der Waals surface area contributed by atoms with Gasteiger partial charge in [-0.1, -0.05) is 18.2 Å². The molecule has 1 aromatic carbocycles. The molecule has 1 atom stereocenters. The minimum atomic E-state index is -0.269. The smallest absolute Gasteiger partial charge is 0.414 e. The molecule has 2 amide bonds. The predicted octanol–water partition coefficient (Wildman–Crippen LogP) is 2.15. The summed E-state index contributed by atoms with van der Waals surface area (Å²) in [7, 11) is 0. The van der Waals surface area contributed by atoms with E-state index in [4.69, 9.17) is 4.74 Å². The number of carbonyl (C=O) groups excluding carboxylic acids is 2. The van der Waals surface area contributed by atoms with Crippen LogP contribution < -0.4 is 4.90 Å². The summed E-state index contributed by atoms with van der Waals surface area (Å²) in [4.78, 5) is 28.1. The number of hydrogen-bond acceptors (Lipinski definition) is 3. The molecule has 0 radical (unpaired) electrons. The van der Waals surface area contributed by atoms with Crippen molar-refractivity contribution in [2.24, 2.45) is 5.92 Å². The number of para-hydroxylation sites is 1. The van der Waals surface area contributed by atoms with E-state index in [2.05, 4.69) is 0 Å². The Balaban J connectivity index is 1.70. The van der Waals surface area contributed by atoms with Crippen molar-refractivity contribution in [3.8, 4) is 0 Å². The number of amides is 2. The second kappa shape index (κ2) is 4.76. The van der Waals surface area contributed by atoms with Gasteiger partial charge in [-0.3, -0.25) is 9.69 Å². The highest BCUT2D eigenvalue weighted by Gasteiger charge is 2.39. The number of hydrogen-bond donors (Lipinski definition) is 0. The van der Waals surface area contributed by atoms with Gasteiger partial charge in [-0.15, -0.1) is 0 Å². The molecule has 5 heteroatoms. The lowest BCUT2D eigenvalue weighted by Gasteiger charge is -2.32. The van der Waals surface area contributed by atoms with Crippen LogP contribution in [0.15, 0.2) is 24.3 Å². The summed E-state index contributed by atoms with van der Waals surface area (Å²) in [5.41, 5.74) is 1.91. The standard InChI is InChI=1S/C16H18N2O3/c19-15(11-5-6-11)17-8-7-13-10-21-16(20)18(13)14-4-2-1-3-12(14)9-17/h1-4,11,13H,5-10H2/t13-/m0/s1. The fourth-order valence-corrected chi connectivity index (χ4v) is 3.21.